The second kappa shape index (κ2) is 7.98. The zero-order valence-corrected chi connectivity index (χ0v) is 17.3. The molecular weight excluding hydrogens is 437 g/mol. The van der Waals surface area contributed by atoms with Crippen molar-refractivity contribution in [2.75, 3.05) is 26.2 Å². The number of pyridine rings is 1. The highest BCUT2D eigenvalue weighted by atomic mass is 19.4. The number of carbonyl (C=O) groups is 2. The number of alkyl halides is 3. The van der Waals surface area contributed by atoms with Crippen LogP contribution in [0.2, 0.25) is 0 Å². The van der Waals surface area contributed by atoms with E-state index in [1.807, 2.05) is 0 Å². The second-order valence-corrected chi connectivity index (χ2v) is 8.30. The minimum absolute atomic E-state index is 0.0690. The van der Waals surface area contributed by atoms with Gasteiger partial charge in [-0.3, -0.25) is 14.6 Å². The molecule has 8 nitrogen and oxygen atoms in total. The Morgan fingerprint density at radius 2 is 1.67 bits per heavy atom. The van der Waals surface area contributed by atoms with Crippen LogP contribution in [0.5, 0.6) is 0 Å². The molecule has 2 aliphatic rings. The molecule has 170 valence electrons. The van der Waals surface area contributed by atoms with E-state index in [1.165, 1.54) is 18.2 Å². The van der Waals surface area contributed by atoms with Crippen molar-refractivity contribution in [3.05, 3.63) is 59.4 Å². The number of halogens is 3. The van der Waals surface area contributed by atoms with Gasteiger partial charge < -0.3 is 9.80 Å². The van der Waals surface area contributed by atoms with Crippen molar-refractivity contribution in [2.45, 2.75) is 6.18 Å². The third-order valence-electron chi connectivity index (χ3n) is 6.16. The predicted molar refractivity (Wildman–Crippen MR) is 112 cm³/mol. The molecule has 1 N–H and O–H groups in total. The lowest BCUT2D eigenvalue weighted by molar-refractivity contribution is -0.137. The van der Waals surface area contributed by atoms with Crippen LogP contribution in [0, 0.1) is 11.8 Å². The van der Waals surface area contributed by atoms with Gasteiger partial charge in [-0.25, -0.2) is 0 Å². The molecule has 4 heterocycles. The molecule has 0 bridgehead atoms. The molecule has 0 spiro atoms. The van der Waals surface area contributed by atoms with Gasteiger partial charge in [0.15, 0.2) is 0 Å². The number of nitrogens with zero attached hydrogens (tertiary/aromatic N) is 5. The summed E-state index contributed by atoms with van der Waals surface area (Å²) >= 11 is 0. The third-order valence-corrected chi connectivity index (χ3v) is 6.16. The van der Waals surface area contributed by atoms with Gasteiger partial charge in [0.05, 0.1) is 11.3 Å². The Kier molecular flexibility index (Phi) is 5.10. The van der Waals surface area contributed by atoms with Crippen LogP contribution in [0.1, 0.15) is 21.6 Å². The lowest BCUT2D eigenvalue weighted by Gasteiger charge is -2.21. The molecule has 33 heavy (non-hydrogen) atoms. The summed E-state index contributed by atoms with van der Waals surface area (Å²) in [5.74, 6) is 0.0819. The van der Waals surface area contributed by atoms with Gasteiger partial charge in [0.25, 0.3) is 5.91 Å². The molecule has 2 saturated heterocycles. The minimum atomic E-state index is -4.45. The van der Waals surface area contributed by atoms with E-state index in [-0.39, 0.29) is 29.3 Å². The maximum Gasteiger partial charge on any atom is 0.417 e. The van der Waals surface area contributed by atoms with Gasteiger partial charge in [0.2, 0.25) is 5.91 Å². The van der Waals surface area contributed by atoms with Crippen LogP contribution in [0.25, 0.3) is 17.1 Å². The number of likely N-dealkylation sites (tertiary alicyclic amines) is 2. The summed E-state index contributed by atoms with van der Waals surface area (Å²) in [5.41, 5.74) is 1.32. The summed E-state index contributed by atoms with van der Waals surface area (Å²) in [6.07, 6.45) is -0.966. The van der Waals surface area contributed by atoms with E-state index >= 15 is 0 Å². The Morgan fingerprint density at radius 1 is 0.970 bits per heavy atom. The molecule has 2 atom stereocenters. The summed E-state index contributed by atoms with van der Waals surface area (Å²) in [5, 5.41) is 10.5. The summed E-state index contributed by atoms with van der Waals surface area (Å²) < 4.78 is 37.9. The van der Waals surface area contributed by atoms with Gasteiger partial charge in [0, 0.05) is 55.9 Å². The Bertz CT molecular complexity index is 1220. The first-order valence-corrected chi connectivity index (χ1v) is 10.4. The number of nitrogens with one attached hydrogen (secondary N) is 1. The van der Waals surface area contributed by atoms with Gasteiger partial charge in [0.1, 0.15) is 11.0 Å². The average molecular weight is 456 g/mol. The molecule has 0 aliphatic carbocycles. The monoisotopic (exact) mass is 456 g/mol. The normalized spacial score (nSPS) is 20.7. The summed E-state index contributed by atoms with van der Waals surface area (Å²) in [6.45, 7) is 2.18. The van der Waals surface area contributed by atoms with Gasteiger partial charge in [-0.2, -0.15) is 28.6 Å². The van der Waals surface area contributed by atoms with E-state index < -0.39 is 11.7 Å². The zero-order chi connectivity index (χ0) is 23.2. The highest BCUT2D eigenvalue weighted by Gasteiger charge is 2.42. The van der Waals surface area contributed by atoms with E-state index in [0.717, 1.165) is 12.3 Å². The number of hydrogen-bond donors (Lipinski definition) is 1. The van der Waals surface area contributed by atoms with E-state index in [4.69, 9.17) is 0 Å². The number of H-pyrrole nitrogens is 1. The number of benzene rings is 1. The lowest BCUT2D eigenvalue weighted by atomic mass is 10.0. The fourth-order valence-electron chi connectivity index (χ4n) is 4.43. The van der Waals surface area contributed by atoms with Crippen molar-refractivity contribution in [3.8, 4) is 0 Å². The number of aromatic amines is 1. The van der Waals surface area contributed by atoms with Gasteiger partial charge in [-0.1, -0.05) is 0 Å². The van der Waals surface area contributed by atoms with Crippen LogP contribution in [0.4, 0.5) is 13.2 Å². The molecule has 0 saturated carbocycles. The van der Waals surface area contributed by atoms with E-state index in [2.05, 4.69) is 20.4 Å². The molecule has 2 fully saturated rings. The SMILES string of the molecule is O=C(/C=C/c1ccc(C(F)(F)F)cn1)N1C[C@@H]2CN(C(=O)c3ccc4n[nH]nc4c3)C[C@H]2C1. The Balaban J connectivity index is 1.17. The molecular formula is C22H19F3N6O2. The van der Waals surface area contributed by atoms with Crippen molar-refractivity contribution < 1.29 is 22.8 Å². The highest BCUT2D eigenvalue weighted by Crippen LogP contribution is 2.32. The molecule has 2 aliphatic heterocycles. The van der Waals surface area contributed by atoms with Crippen molar-refractivity contribution in [1.82, 2.24) is 30.2 Å². The van der Waals surface area contributed by atoms with Crippen molar-refractivity contribution in [1.29, 1.82) is 0 Å². The molecule has 0 radical (unpaired) electrons. The maximum absolute atomic E-state index is 12.9. The van der Waals surface area contributed by atoms with Crippen LogP contribution in [0.3, 0.4) is 0 Å². The Hall–Kier alpha value is -3.76. The van der Waals surface area contributed by atoms with E-state index in [1.54, 1.807) is 28.0 Å². The number of fused-ring (bicyclic) bond motifs is 2. The zero-order valence-electron chi connectivity index (χ0n) is 17.3. The predicted octanol–water partition coefficient (Wildman–Crippen LogP) is 2.62. The second-order valence-electron chi connectivity index (χ2n) is 8.30. The molecule has 3 aromatic rings. The molecule has 2 aromatic heterocycles. The van der Waals surface area contributed by atoms with E-state index in [0.29, 0.717) is 42.8 Å². The summed E-state index contributed by atoms with van der Waals surface area (Å²) in [7, 11) is 0. The quantitative estimate of drug-likeness (QED) is 0.612. The maximum atomic E-state index is 12.9. The Labute approximate surface area is 186 Å². The number of amides is 2. The molecule has 11 heteroatoms. The smallest absolute Gasteiger partial charge is 0.338 e. The van der Waals surface area contributed by atoms with E-state index in [9.17, 15) is 22.8 Å². The fraction of sp³-hybridized carbons (Fsp3) is 0.318. The lowest BCUT2D eigenvalue weighted by Crippen LogP contribution is -2.35. The van der Waals surface area contributed by atoms with Crippen LogP contribution in [-0.4, -0.2) is 68.2 Å². The molecule has 2 amide bonds. The van der Waals surface area contributed by atoms with Crippen molar-refractivity contribution in [2.24, 2.45) is 11.8 Å². The molecule has 0 unspecified atom stereocenters. The van der Waals surface area contributed by atoms with Gasteiger partial charge in [-0.05, 0) is 36.4 Å². The third kappa shape index (κ3) is 4.18. The van der Waals surface area contributed by atoms with Crippen LogP contribution in [-0.2, 0) is 11.0 Å². The number of aromatic nitrogens is 4. The van der Waals surface area contributed by atoms with Crippen LogP contribution >= 0.6 is 0 Å². The number of carbonyl (C=O) groups excluding carboxylic acids is 2. The number of rotatable bonds is 3. The first-order chi connectivity index (χ1) is 15.8. The average Bonchev–Trinajstić information content (AvgIpc) is 3.50. The standard InChI is InChI=1S/C22H19F3N6O2/c23-22(24,25)16-2-3-17(26-8-16)4-6-20(32)30-9-14-11-31(12-15(14)10-30)21(33)13-1-5-18-19(7-13)28-29-27-18/h1-8,14-15H,9-12H2,(H,27,28,29)/b6-4+/t14-,15-/m1/s1. The summed E-state index contributed by atoms with van der Waals surface area (Å²) in [6, 6.07) is 7.36. The minimum Gasteiger partial charge on any atom is -0.338 e. The first-order valence-electron chi connectivity index (χ1n) is 10.4. The first kappa shape index (κ1) is 21.1. The highest BCUT2D eigenvalue weighted by molar-refractivity contribution is 5.97. The Morgan fingerprint density at radius 3 is 2.33 bits per heavy atom. The van der Waals surface area contributed by atoms with Crippen molar-refractivity contribution in [3.63, 3.8) is 0 Å². The molecule has 5 rings (SSSR count). The van der Waals surface area contributed by atoms with Gasteiger partial charge in [-0.15, -0.1) is 0 Å². The molecule has 1 aromatic carbocycles. The van der Waals surface area contributed by atoms with Crippen molar-refractivity contribution >= 4 is 28.9 Å². The fourth-order valence-corrected chi connectivity index (χ4v) is 4.43. The summed E-state index contributed by atoms with van der Waals surface area (Å²) in [4.78, 5) is 32.7. The van der Waals surface area contributed by atoms with Crippen LogP contribution in [0.15, 0.2) is 42.6 Å². The largest absolute Gasteiger partial charge is 0.417 e. The van der Waals surface area contributed by atoms with Gasteiger partial charge >= 0.3 is 6.18 Å². The van der Waals surface area contributed by atoms with Crippen LogP contribution < -0.4 is 0 Å². The number of hydrogen-bond acceptors (Lipinski definition) is 5. The topological polar surface area (TPSA) is 95.1 Å².